The van der Waals surface area contributed by atoms with Crippen LogP contribution in [0.1, 0.15) is 100 Å². The van der Waals surface area contributed by atoms with Crippen LogP contribution >= 0.6 is 0 Å². The second kappa shape index (κ2) is 13.4. The van der Waals surface area contributed by atoms with Gasteiger partial charge in [-0.25, -0.2) is 4.98 Å². The maximum atomic E-state index is 5.41. The Kier molecular flexibility index (Phi) is 10.00. The predicted molar refractivity (Wildman–Crippen MR) is 202 cm³/mol. The third-order valence-corrected chi connectivity index (χ3v) is 16.6. The summed E-state index contributed by atoms with van der Waals surface area (Å²) in [6.45, 7) is 25.3. The van der Waals surface area contributed by atoms with E-state index in [0.29, 0.717) is 16.6 Å². The molecule has 6 rings (SSSR count). The summed E-state index contributed by atoms with van der Waals surface area (Å²) in [7, 11) is -1.98. The van der Waals surface area contributed by atoms with Crippen molar-refractivity contribution >= 4 is 42.3 Å². The summed E-state index contributed by atoms with van der Waals surface area (Å²) in [4.78, 5) is 20.6. The van der Waals surface area contributed by atoms with Crippen LogP contribution in [0.5, 0.6) is 0 Å². The molecular formula is C42H48N4SiZn. The van der Waals surface area contributed by atoms with Crippen molar-refractivity contribution in [3.63, 3.8) is 0 Å². The number of nitrogens with zero attached hydrogens (tertiary/aromatic N) is 4. The van der Waals surface area contributed by atoms with Gasteiger partial charge in [-0.1, -0.05) is 115 Å². The minimum Gasteiger partial charge on any atom is -0.658 e. The van der Waals surface area contributed by atoms with Crippen molar-refractivity contribution in [1.82, 2.24) is 19.9 Å². The summed E-state index contributed by atoms with van der Waals surface area (Å²) >= 11 is 0. The van der Waals surface area contributed by atoms with Gasteiger partial charge in [0.15, 0.2) is 0 Å². The molecule has 0 unspecified atom stereocenters. The summed E-state index contributed by atoms with van der Waals surface area (Å²) in [5.74, 6) is 3.77. The molecule has 2 aliphatic heterocycles. The molecule has 242 valence electrons. The largest absolute Gasteiger partial charge is 2.00 e. The van der Waals surface area contributed by atoms with Crippen molar-refractivity contribution in [3.05, 3.63) is 93.6 Å². The summed E-state index contributed by atoms with van der Waals surface area (Å²) < 4.78 is 0. The zero-order chi connectivity index (χ0) is 33.8. The molecule has 2 aliphatic rings. The molecule has 0 aliphatic carbocycles. The topological polar surface area (TPSA) is 54.0 Å². The Morgan fingerprint density at radius 1 is 0.729 bits per heavy atom. The Morgan fingerprint density at radius 2 is 1.35 bits per heavy atom. The fraction of sp³-hybridized carbons (Fsp3) is 0.381. The van der Waals surface area contributed by atoms with E-state index >= 15 is 0 Å². The van der Waals surface area contributed by atoms with Crippen molar-refractivity contribution in [2.75, 3.05) is 0 Å². The molecule has 0 N–H and O–H groups in total. The first kappa shape index (κ1) is 35.8. The van der Waals surface area contributed by atoms with E-state index in [2.05, 4.69) is 148 Å². The molecule has 1 aromatic carbocycles. The zero-order valence-corrected chi connectivity index (χ0v) is 34.7. The summed E-state index contributed by atoms with van der Waals surface area (Å²) in [6, 6.07) is 17.2. The Morgan fingerprint density at radius 3 is 1.98 bits per heavy atom. The molecule has 0 fully saturated rings. The first-order valence-corrected chi connectivity index (χ1v) is 19.3. The fourth-order valence-corrected chi connectivity index (χ4v) is 13.4. The zero-order valence-electron chi connectivity index (χ0n) is 30.7. The van der Waals surface area contributed by atoms with Gasteiger partial charge in [-0.15, -0.1) is 27.6 Å². The quantitative estimate of drug-likeness (QED) is 0.138. The molecule has 3 aromatic heterocycles. The van der Waals surface area contributed by atoms with Crippen LogP contribution in [0.25, 0.3) is 45.3 Å². The van der Waals surface area contributed by atoms with E-state index < -0.39 is 8.07 Å². The summed E-state index contributed by atoms with van der Waals surface area (Å²) in [6.07, 6.45) is 5.03. The van der Waals surface area contributed by atoms with Crippen LogP contribution in [-0.2, 0) is 31.3 Å². The predicted octanol–water partition coefficient (Wildman–Crippen LogP) is 10.4. The first-order chi connectivity index (χ1) is 22.2. The van der Waals surface area contributed by atoms with Gasteiger partial charge in [0.2, 0.25) is 0 Å². The molecule has 48 heavy (non-hydrogen) atoms. The smallest absolute Gasteiger partial charge is 0.658 e. The molecule has 0 saturated carbocycles. The average molecular weight is 702 g/mol. The Bertz CT molecular complexity index is 2090. The molecule has 8 bridgehead atoms. The van der Waals surface area contributed by atoms with E-state index in [9.17, 15) is 0 Å². The molecule has 0 spiro atoms. The van der Waals surface area contributed by atoms with Gasteiger partial charge >= 0.3 is 19.5 Å². The SMILES string of the molecule is Cc1cc(C)c(-c2c3nc(cc4ccc(cc5nc(cc6[n-]c2cc6C#C[Si](C(C)C)(C(C)C)C(C)C)CC5(C)C)[n-]4)C=C3)c(C)c1.[Zn+2]. The Balaban J connectivity index is 0.00000451. The van der Waals surface area contributed by atoms with Gasteiger partial charge in [0.1, 0.15) is 8.07 Å². The fourth-order valence-electron chi connectivity index (χ4n) is 8.14. The van der Waals surface area contributed by atoms with E-state index in [-0.39, 0.29) is 24.9 Å². The molecule has 4 nitrogen and oxygen atoms in total. The van der Waals surface area contributed by atoms with Crippen molar-refractivity contribution in [1.29, 1.82) is 0 Å². The number of aromatic nitrogens is 4. The average Bonchev–Trinajstić information content (AvgIpc) is 3.74. The minimum atomic E-state index is -1.98. The second-order valence-electron chi connectivity index (χ2n) is 15.3. The van der Waals surface area contributed by atoms with Crippen LogP contribution in [0.3, 0.4) is 0 Å². The minimum absolute atomic E-state index is 0. The van der Waals surface area contributed by atoms with Crippen molar-refractivity contribution in [2.24, 2.45) is 0 Å². The molecular weight excluding hydrogens is 654 g/mol. The van der Waals surface area contributed by atoms with E-state index in [0.717, 1.165) is 62.4 Å². The number of aryl methyl sites for hydroxylation is 3. The Labute approximate surface area is 301 Å². The van der Waals surface area contributed by atoms with Crippen LogP contribution in [0.15, 0.2) is 48.5 Å². The van der Waals surface area contributed by atoms with E-state index in [1.807, 2.05) is 0 Å². The van der Waals surface area contributed by atoms with Gasteiger partial charge in [0, 0.05) is 28.8 Å². The van der Waals surface area contributed by atoms with Gasteiger partial charge in [-0.05, 0) is 71.8 Å². The molecule has 6 heteroatoms. The third-order valence-electron chi connectivity index (χ3n) is 10.3. The molecule has 0 atom stereocenters. The van der Waals surface area contributed by atoms with Gasteiger partial charge in [0.25, 0.3) is 0 Å². The standard InChI is InChI=1S/C42H48N4Si.Zn/c1-25(2)47(26(3)4,27(5)6)17-16-31-20-38-41(40-29(8)18-28(7)19-30(40)9)36-15-14-33(44-36)21-32-12-13-34(43-32)23-39-42(10,11)24-35(45-39)22-37(31)46-38;/h12-15,18-23,25-27H,24H2,1-11H3;/q-2;+2. The third kappa shape index (κ3) is 6.57. The molecule has 0 saturated heterocycles. The van der Waals surface area contributed by atoms with Crippen molar-refractivity contribution < 1.29 is 19.5 Å². The van der Waals surface area contributed by atoms with E-state index in [4.69, 9.17) is 19.9 Å². The Hall–Kier alpha value is -3.52. The maximum absolute atomic E-state index is 5.41. The van der Waals surface area contributed by atoms with E-state index in [1.54, 1.807) is 0 Å². The molecule has 0 amide bonds. The number of fused-ring (bicyclic) bond motifs is 8. The maximum Gasteiger partial charge on any atom is 2.00 e. The van der Waals surface area contributed by atoms with Gasteiger partial charge in [-0.3, -0.25) is 4.98 Å². The summed E-state index contributed by atoms with van der Waals surface area (Å²) in [5, 5.41) is 0. The van der Waals surface area contributed by atoms with Gasteiger partial charge in [0.05, 0.1) is 11.4 Å². The molecule has 0 radical (unpaired) electrons. The number of rotatable bonds is 4. The van der Waals surface area contributed by atoms with Crippen LogP contribution in [0.2, 0.25) is 16.6 Å². The monoisotopic (exact) mass is 700 g/mol. The second-order valence-corrected chi connectivity index (χ2v) is 20.8. The molecule has 5 heterocycles. The van der Waals surface area contributed by atoms with E-state index in [1.165, 1.54) is 22.3 Å². The van der Waals surface area contributed by atoms with Crippen LogP contribution in [0.4, 0.5) is 0 Å². The van der Waals surface area contributed by atoms with Crippen LogP contribution < -0.4 is 9.97 Å². The van der Waals surface area contributed by atoms with Crippen LogP contribution in [-0.4, -0.2) is 18.0 Å². The van der Waals surface area contributed by atoms with Crippen LogP contribution in [0, 0.1) is 32.2 Å². The van der Waals surface area contributed by atoms with Crippen molar-refractivity contribution in [3.8, 4) is 22.6 Å². The van der Waals surface area contributed by atoms with Crippen molar-refractivity contribution in [2.45, 2.75) is 105 Å². The number of benzene rings is 1. The summed E-state index contributed by atoms with van der Waals surface area (Å²) in [5.41, 5.74) is 19.8. The molecule has 4 aromatic rings. The number of hydrogen-bond donors (Lipinski definition) is 0. The van der Waals surface area contributed by atoms with Gasteiger partial charge < -0.3 is 9.97 Å². The first-order valence-electron chi connectivity index (χ1n) is 17.1. The normalized spacial score (nSPS) is 14.0. The van der Waals surface area contributed by atoms with Gasteiger partial charge in [-0.2, -0.15) is 0 Å². The number of hydrogen-bond acceptors (Lipinski definition) is 2.